The predicted octanol–water partition coefficient (Wildman–Crippen LogP) is 0.670. The summed E-state index contributed by atoms with van der Waals surface area (Å²) in [6, 6.07) is 0. The Kier molecular flexibility index (Phi) is 2.93. The van der Waals surface area contributed by atoms with Crippen molar-refractivity contribution in [2.24, 2.45) is 7.05 Å². The number of alkyl halides is 1. The Balaban J connectivity index is 2.29. The summed E-state index contributed by atoms with van der Waals surface area (Å²) in [6.07, 6.45) is 0.792. The summed E-state index contributed by atoms with van der Waals surface area (Å²) >= 11 is 5.43. The highest BCUT2D eigenvalue weighted by Gasteiger charge is 2.20. The molecule has 0 atom stereocenters. The molecule has 82 valence electrons. The van der Waals surface area contributed by atoms with Crippen LogP contribution in [0.4, 0.5) is 5.82 Å². The van der Waals surface area contributed by atoms with Crippen molar-refractivity contribution in [2.45, 2.75) is 13.0 Å². The van der Waals surface area contributed by atoms with Crippen molar-refractivity contribution in [1.82, 2.24) is 9.78 Å². The number of aryl methyl sites for hydroxylation is 1. The molecule has 2 rings (SSSR count). The molecule has 1 aliphatic rings. The van der Waals surface area contributed by atoms with Gasteiger partial charge in [0.2, 0.25) is 5.91 Å². The normalized spacial score (nSPS) is 14.8. The molecule has 2 heterocycles. The standard InChI is InChI=1S/C9H12ClN3O2/c1-13-9(11-8(14)4-10)6-5-15-3-2-7(6)12-13/h2-5H2,1H3,(H,11,14). The van der Waals surface area contributed by atoms with E-state index in [1.807, 2.05) is 0 Å². The molecule has 0 aliphatic carbocycles. The lowest BCUT2D eigenvalue weighted by Gasteiger charge is -2.12. The highest BCUT2D eigenvalue weighted by Crippen LogP contribution is 2.23. The molecule has 0 saturated heterocycles. The molecule has 1 N–H and O–H groups in total. The Morgan fingerprint density at radius 3 is 3.27 bits per heavy atom. The maximum atomic E-state index is 11.2. The van der Waals surface area contributed by atoms with Gasteiger partial charge in [0.05, 0.1) is 18.9 Å². The van der Waals surface area contributed by atoms with Gasteiger partial charge in [0.1, 0.15) is 11.7 Å². The summed E-state index contributed by atoms with van der Waals surface area (Å²) in [6.45, 7) is 1.19. The van der Waals surface area contributed by atoms with Crippen LogP contribution in [0.1, 0.15) is 11.3 Å². The second-order valence-electron chi connectivity index (χ2n) is 3.38. The lowest BCUT2D eigenvalue weighted by molar-refractivity contribution is -0.114. The molecule has 0 aromatic carbocycles. The van der Waals surface area contributed by atoms with E-state index in [1.54, 1.807) is 11.7 Å². The van der Waals surface area contributed by atoms with Crippen molar-refractivity contribution in [3.05, 3.63) is 11.3 Å². The Morgan fingerprint density at radius 1 is 1.73 bits per heavy atom. The van der Waals surface area contributed by atoms with Crippen LogP contribution in [0.25, 0.3) is 0 Å². The molecule has 5 nitrogen and oxygen atoms in total. The van der Waals surface area contributed by atoms with Gasteiger partial charge in [-0.15, -0.1) is 11.6 Å². The molecule has 0 bridgehead atoms. The first-order chi connectivity index (χ1) is 7.22. The van der Waals surface area contributed by atoms with Crippen molar-refractivity contribution in [2.75, 3.05) is 17.8 Å². The zero-order valence-electron chi connectivity index (χ0n) is 8.42. The lowest BCUT2D eigenvalue weighted by Crippen LogP contribution is -2.17. The second-order valence-corrected chi connectivity index (χ2v) is 3.65. The predicted molar refractivity (Wildman–Crippen MR) is 55.9 cm³/mol. The molecule has 1 aromatic heterocycles. The molecule has 0 fully saturated rings. The summed E-state index contributed by atoms with van der Waals surface area (Å²) in [5.41, 5.74) is 1.95. The number of amides is 1. The topological polar surface area (TPSA) is 56.2 Å². The average Bonchev–Trinajstić information content (AvgIpc) is 2.55. The van der Waals surface area contributed by atoms with Crippen LogP contribution in [0.3, 0.4) is 0 Å². The minimum atomic E-state index is -0.229. The van der Waals surface area contributed by atoms with Gasteiger partial charge in [-0.2, -0.15) is 5.10 Å². The molecule has 6 heteroatoms. The minimum absolute atomic E-state index is 0.0548. The number of hydrogen-bond acceptors (Lipinski definition) is 3. The number of rotatable bonds is 2. The van der Waals surface area contributed by atoms with Crippen LogP contribution in [0.5, 0.6) is 0 Å². The molecule has 15 heavy (non-hydrogen) atoms. The van der Waals surface area contributed by atoms with Gasteiger partial charge in [-0.05, 0) is 0 Å². The highest BCUT2D eigenvalue weighted by molar-refractivity contribution is 6.29. The maximum Gasteiger partial charge on any atom is 0.240 e. The molecule has 1 aliphatic heterocycles. The molecular formula is C9H12ClN3O2. The van der Waals surface area contributed by atoms with Crippen LogP contribution in [0.2, 0.25) is 0 Å². The number of anilines is 1. The summed E-state index contributed by atoms with van der Waals surface area (Å²) in [5, 5.41) is 7.03. The van der Waals surface area contributed by atoms with Gasteiger partial charge in [-0.1, -0.05) is 0 Å². The van der Waals surface area contributed by atoms with Gasteiger partial charge < -0.3 is 10.1 Å². The smallest absolute Gasteiger partial charge is 0.240 e. The van der Waals surface area contributed by atoms with E-state index in [-0.39, 0.29) is 11.8 Å². The fourth-order valence-corrected chi connectivity index (χ4v) is 1.71. The molecule has 0 unspecified atom stereocenters. The van der Waals surface area contributed by atoms with Crippen LogP contribution < -0.4 is 5.32 Å². The summed E-state index contributed by atoms with van der Waals surface area (Å²) in [4.78, 5) is 11.2. The van der Waals surface area contributed by atoms with E-state index in [1.165, 1.54) is 0 Å². The number of aromatic nitrogens is 2. The van der Waals surface area contributed by atoms with Crippen LogP contribution in [0, 0.1) is 0 Å². The van der Waals surface area contributed by atoms with Crippen LogP contribution in [0.15, 0.2) is 0 Å². The molecule has 0 radical (unpaired) electrons. The number of carbonyl (C=O) groups excluding carboxylic acids is 1. The van der Waals surface area contributed by atoms with Crippen LogP contribution in [-0.4, -0.2) is 28.2 Å². The molecule has 1 amide bonds. The zero-order valence-corrected chi connectivity index (χ0v) is 9.17. The van der Waals surface area contributed by atoms with Crippen molar-refractivity contribution < 1.29 is 9.53 Å². The highest BCUT2D eigenvalue weighted by atomic mass is 35.5. The Morgan fingerprint density at radius 2 is 2.53 bits per heavy atom. The molecule has 1 aromatic rings. The number of nitrogens with one attached hydrogen (secondary N) is 1. The van der Waals surface area contributed by atoms with E-state index in [0.29, 0.717) is 19.0 Å². The van der Waals surface area contributed by atoms with Crippen molar-refractivity contribution in [3.63, 3.8) is 0 Å². The number of halogens is 1. The van der Waals surface area contributed by atoms with Crippen LogP contribution in [-0.2, 0) is 29.6 Å². The first kappa shape index (κ1) is 10.4. The van der Waals surface area contributed by atoms with Gasteiger partial charge in [0, 0.05) is 19.0 Å². The molecular weight excluding hydrogens is 218 g/mol. The quantitative estimate of drug-likeness (QED) is 0.759. The first-order valence-corrected chi connectivity index (χ1v) is 5.24. The van der Waals surface area contributed by atoms with Crippen molar-refractivity contribution >= 4 is 23.3 Å². The number of fused-ring (bicyclic) bond motifs is 1. The van der Waals surface area contributed by atoms with E-state index in [9.17, 15) is 4.79 Å². The van der Waals surface area contributed by atoms with Gasteiger partial charge in [-0.25, -0.2) is 0 Å². The van der Waals surface area contributed by atoms with E-state index in [0.717, 1.165) is 17.7 Å². The molecule has 0 spiro atoms. The monoisotopic (exact) mass is 229 g/mol. The van der Waals surface area contributed by atoms with E-state index in [2.05, 4.69) is 10.4 Å². The van der Waals surface area contributed by atoms with Gasteiger partial charge in [0.15, 0.2) is 0 Å². The van der Waals surface area contributed by atoms with E-state index in [4.69, 9.17) is 16.3 Å². The molecule has 0 saturated carbocycles. The Labute approximate surface area is 92.4 Å². The number of carbonyl (C=O) groups is 1. The van der Waals surface area contributed by atoms with Gasteiger partial charge in [0.25, 0.3) is 0 Å². The van der Waals surface area contributed by atoms with Gasteiger partial charge in [-0.3, -0.25) is 9.48 Å². The minimum Gasteiger partial charge on any atom is -0.376 e. The van der Waals surface area contributed by atoms with E-state index >= 15 is 0 Å². The zero-order chi connectivity index (χ0) is 10.8. The first-order valence-electron chi connectivity index (χ1n) is 4.70. The number of nitrogens with zero attached hydrogens (tertiary/aromatic N) is 2. The Hall–Kier alpha value is -1.07. The SMILES string of the molecule is Cn1nc2c(c1NC(=O)CCl)COCC2. The third-order valence-corrected chi connectivity index (χ3v) is 2.58. The summed E-state index contributed by atoms with van der Waals surface area (Å²) in [7, 11) is 1.79. The maximum absolute atomic E-state index is 11.2. The number of hydrogen-bond donors (Lipinski definition) is 1. The second kappa shape index (κ2) is 4.20. The Bertz CT molecular complexity index is 389. The fraction of sp³-hybridized carbons (Fsp3) is 0.556. The van der Waals surface area contributed by atoms with E-state index < -0.39 is 0 Å². The summed E-state index contributed by atoms with van der Waals surface area (Å²) in [5.74, 6) is 0.407. The summed E-state index contributed by atoms with van der Waals surface area (Å²) < 4.78 is 6.98. The third kappa shape index (κ3) is 1.98. The lowest BCUT2D eigenvalue weighted by atomic mass is 10.1. The average molecular weight is 230 g/mol. The largest absolute Gasteiger partial charge is 0.376 e. The van der Waals surface area contributed by atoms with Gasteiger partial charge >= 0.3 is 0 Å². The number of ether oxygens (including phenoxy) is 1. The van der Waals surface area contributed by atoms with Crippen molar-refractivity contribution in [1.29, 1.82) is 0 Å². The van der Waals surface area contributed by atoms with Crippen molar-refractivity contribution in [3.8, 4) is 0 Å². The third-order valence-electron chi connectivity index (χ3n) is 2.34. The van der Waals surface area contributed by atoms with Crippen LogP contribution >= 0.6 is 11.6 Å². The fourth-order valence-electron chi connectivity index (χ4n) is 1.64.